The summed E-state index contributed by atoms with van der Waals surface area (Å²) in [6.45, 7) is 9.64. The molecule has 6 heteroatoms. The van der Waals surface area contributed by atoms with Crippen LogP contribution in [0.25, 0.3) is 0 Å². The second kappa shape index (κ2) is 7.16. The third-order valence-electron chi connectivity index (χ3n) is 5.23. The summed E-state index contributed by atoms with van der Waals surface area (Å²) in [4.78, 5) is 6.60. The summed E-state index contributed by atoms with van der Waals surface area (Å²) >= 11 is 1.92. The average Bonchev–Trinajstić information content (AvgIpc) is 3.13. The first-order chi connectivity index (χ1) is 12.5. The molecule has 0 radical (unpaired) electrons. The number of hydrogen-bond donors (Lipinski definition) is 2. The predicted octanol–water partition coefficient (Wildman–Crippen LogP) is 4.40. The zero-order valence-electron chi connectivity index (χ0n) is 16.2. The Labute approximate surface area is 159 Å². The van der Waals surface area contributed by atoms with E-state index in [0.717, 1.165) is 30.3 Å². The SMILES string of the molecule is Cc1cc(C)n(C2=N[C@H](NCCC(C)C)c3c(sc4c3CCCC4)N2)n1. The highest BCUT2D eigenvalue weighted by molar-refractivity contribution is 7.16. The summed E-state index contributed by atoms with van der Waals surface area (Å²) in [5.74, 6) is 1.53. The fourth-order valence-electron chi connectivity index (χ4n) is 3.90. The molecule has 2 aliphatic rings. The fraction of sp³-hybridized carbons (Fsp3) is 0.600. The lowest BCUT2D eigenvalue weighted by atomic mass is 9.94. The molecule has 0 saturated heterocycles. The molecular formula is C20H29N5S. The third-order valence-corrected chi connectivity index (χ3v) is 6.45. The van der Waals surface area contributed by atoms with Crippen molar-refractivity contribution in [1.29, 1.82) is 0 Å². The van der Waals surface area contributed by atoms with Crippen LogP contribution in [0.4, 0.5) is 5.00 Å². The molecule has 5 nitrogen and oxygen atoms in total. The molecule has 2 aromatic rings. The topological polar surface area (TPSA) is 54.2 Å². The lowest BCUT2D eigenvalue weighted by molar-refractivity contribution is 0.483. The second-order valence-electron chi connectivity index (χ2n) is 7.91. The number of thiophene rings is 1. The van der Waals surface area contributed by atoms with Gasteiger partial charge in [0.25, 0.3) is 0 Å². The molecule has 1 atom stereocenters. The van der Waals surface area contributed by atoms with E-state index in [1.165, 1.54) is 36.2 Å². The lowest BCUT2D eigenvalue weighted by Crippen LogP contribution is -2.33. The molecule has 3 heterocycles. The molecule has 4 rings (SSSR count). The van der Waals surface area contributed by atoms with Crippen molar-refractivity contribution in [3.05, 3.63) is 33.5 Å². The molecule has 0 unspecified atom stereocenters. The Hall–Kier alpha value is -1.66. The van der Waals surface area contributed by atoms with E-state index in [-0.39, 0.29) is 6.17 Å². The van der Waals surface area contributed by atoms with Gasteiger partial charge in [0, 0.05) is 16.1 Å². The molecule has 140 valence electrons. The molecule has 0 amide bonds. The number of hydrogen-bond acceptors (Lipinski definition) is 5. The molecular weight excluding hydrogens is 342 g/mol. The van der Waals surface area contributed by atoms with Gasteiger partial charge in [0.05, 0.1) is 5.69 Å². The second-order valence-corrected chi connectivity index (χ2v) is 9.01. The largest absolute Gasteiger partial charge is 0.316 e. The molecule has 0 saturated carbocycles. The predicted molar refractivity (Wildman–Crippen MR) is 109 cm³/mol. The van der Waals surface area contributed by atoms with Crippen molar-refractivity contribution in [2.75, 3.05) is 11.9 Å². The van der Waals surface area contributed by atoms with E-state index in [1.807, 2.05) is 22.9 Å². The number of nitrogens with zero attached hydrogens (tertiary/aromatic N) is 3. The maximum Gasteiger partial charge on any atom is 0.226 e. The zero-order chi connectivity index (χ0) is 18.3. The Balaban J connectivity index is 1.69. The summed E-state index contributed by atoms with van der Waals surface area (Å²) in [7, 11) is 0. The molecule has 2 N–H and O–H groups in total. The molecule has 1 aliphatic heterocycles. The van der Waals surface area contributed by atoms with Crippen molar-refractivity contribution in [1.82, 2.24) is 15.1 Å². The summed E-state index contributed by atoms with van der Waals surface area (Å²) in [5.41, 5.74) is 5.06. The van der Waals surface area contributed by atoms with Crippen molar-refractivity contribution in [2.24, 2.45) is 10.9 Å². The fourth-order valence-corrected chi connectivity index (χ4v) is 5.22. The van der Waals surface area contributed by atoms with E-state index in [1.54, 1.807) is 10.4 Å². The van der Waals surface area contributed by atoms with E-state index >= 15 is 0 Å². The number of anilines is 1. The first-order valence-corrected chi connectivity index (χ1v) is 10.6. The van der Waals surface area contributed by atoms with E-state index in [0.29, 0.717) is 5.92 Å². The van der Waals surface area contributed by atoms with Crippen LogP contribution >= 0.6 is 11.3 Å². The van der Waals surface area contributed by atoms with Crippen LogP contribution in [0.3, 0.4) is 0 Å². The Kier molecular flexibility index (Phi) is 4.88. The highest BCUT2D eigenvalue weighted by Gasteiger charge is 2.31. The Morgan fingerprint density at radius 1 is 1.31 bits per heavy atom. The average molecular weight is 372 g/mol. The molecule has 0 bridgehead atoms. The summed E-state index contributed by atoms with van der Waals surface area (Å²) in [6, 6.07) is 2.10. The van der Waals surface area contributed by atoms with Crippen LogP contribution in [0.15, 0.2) is 11.1 Å². The lowest BCUT2D eigenvalue weighted by Gasteiger charge is -2.26. The maximum absolute atomic E-state index is 5.05. The van der Waals surface area contributed by atoms with Gasteiger partial charge in [0.2, 0.25) is 5.96 Å². The van der Waals surface area contributed by atoms with Gasteiger partial charge in [-0.25, -0.2) is 9.67 Å². The molecule has 26 heavy (non-hydrogen) atoms. The Morgan fingerprint density at radius 2 is 2.12 bits per heavy atom. The molecule has 2 aromatic heterocycles. The first kappa shape index (κ1) is 17.7. The van der Waals surface area contributed by atoms with Crippen LogP contribution < -0.4 is 10.6 Å². The first-order valence-electron chi connectivity index (χ1n) is 9.79. The number of aromatic nitrogens is 2. The Morgan fingerprint density at radius 3 is 2.85 bits per heavy atom. The van der Waals surface area contributed by atoms with E-state index < -0.39 is 0 Å². The minimum absolute atomic E-state index is 0.0296. The van der Waals surface area contributed by atoms with Gasteiger partial charge in [0.1, 0.15) is 11.2 Å². The quantitative estimate of drug-likeness (QED) is 0.837. The van der Waals surface area contributed by atoms with Crippen LogP contribution in [0.1, 0.15) is 66.7 Å². The standard InChI is InChI=1S/C20H29N5S/c1-12(2)9-10-21-18-17-15-7-5-6-8-16(15)26-19(17)23-20(22-18)25-14(4)11-13(3)24-25/h11-12,18,21H,5-10H2,1-4H3,(H,22,23)/t18-/m0/s1. The smallest absolute Gasteiger partial charge is 0.226 e. The number of aliphatic imine (C=N–C) groups is 1. The summed E-state index contributed by atoms with van der Waals surface area (Å²) in [5, 5.41) is 13.2. The molecule has 0 spiro atoms. The van der Waals surface area contributed by atoms with Gasteiger partial charge in [-0.05, 0) is 70.0 Å². The normalized spacial score (nSPS) is 19.1. The van der Waals surface area contributed by atoms with Crippen molar-refractivity contribution < 1.29 is 0 Å². The van der Waals surface area contributed by atoms with Gasteiger partial charge in [-0.3, -0.25) is 5.32 Å². The van der Waals surface area contributed by atoms with Crippen LogP contribution in [0.2, 0.25) is 0 Å². The third kappa shape index (κ3) is 3.32. The number of nitrogens with one attached hydrogen (secondary N) is 2. The minimum atomic E-state index is 0.0296. The zero-order valence-corrected chi connectivity index (χ0v) is 17.0. The van der Waals surface area contributed by atoms with Gasteiger partial charge in [-0.15, -0.1) is 11.3 Å². The number of aryl methyl sites for hydroxylation is 3. The van der Waals surface area contributed by atoms with Gasteiger partial charge in [0.15, 0.2) is 0 Å². The molecule has 0 aromatic carbocycles. The number of fused-ring (bicyclic) bond motifs is 3. The molecule has 1 aliphatic carbocycles. The van der Waals surface area contributed by atoms with Crippen LogP contribution in [0.5, 0.6) is 0 Å². The van der Waals surface area contributed by atoms with E-state index in [9.17, 15) is 0 Å². The van der Waals surface area contributed by atoms with Crippen molar-refractivity contribution in [2.45, 2.75) is 66.0 Å². The minimum Gasteiger partial charge on any atom is -0.316 e. The van der Waals surface area contributed by atoms with Crippen molar-refractivity contribution in [3.8, 4) is 0 Å². The van der Waals surface area contributed by atoms with Crippen LogP contribution in [-0.4, -0.2) is 22.3 Å². The van der Waals surface area contributed by atoms with Gasteiger partial charge < -0.3 is 5.32 Å². The summed E-state index contributed by atoms with van der Waals surface area (Å²) in [6.07, 6.45) is 6.20. The van der Waals surface area contributed by atoms with Gasteiger partial charge in [-0.2, -0.15) is 5.10 Å². The van der Waals surface area contributed by atoms with Crippen molar-refractivity contribution >= 4 is 22.3 Å². The Bertz CT molecular complexity index is 830. The number of rotatable bonds is 4. The maximum atomic E-state index is 5.05. The summed E-state index contributed by atoms with van der Waals surface area (Å²) < 4.78 is 1.94. The van der Waals surface area contributed by atoms with Crippen LogP contribution in [0, 0.1) is 19.8 Å². The highest BCUT2D eigenvalue weighted by atomic mass is 32.1. The van der Waals surface area contributed by atoms with E-state index in [2.05, 4.69) is 42.6 Å². The highest BCUT2D eigenvalue weighted by Crippen LogP contribution is 2.43. The van der Waals surface area contributed by atoms with Crippen LogP contribution in [-0.2, 0) is 12.8 Å². The van der Waals surface area contributed by atoms with E-state index in [4.69, 9.17) is 4.99 Å². The monoisotopic (exact) mass is 371 g/mol. The molecule has 0 fully saturated rings. The van der Waals surface area contributed by atoms with Gasteiger partial charge in [-0.1, -0.05) is 13.8 Å². The van der Waals surface area contributed by atoms with Crippen molar-refractivity contribution in [3.63, 3.8) is 0 Å². The van der Waals surface area contributed by atoms with Gasteiger partial charge >= 0.3 is 0 Å².